The topological polar surface area (TPSA) is 80.3 Å². The van der Waals surface area contributed by atoms with Crippen LogP contribution in [0.3, 0.4) is 0 Å². The summed E-state index contributed by atoms with van der Waals surface area (Å²) in [5, 5.41) is 13.1. The molecule has 0 aliphatic carbocycles. The van der Waals surface area contributed by atoms with Gasteiger partial charge in [-0.15, -0.1) is 0 Å². The number of β-amino-alcohol motifs (C(OH)–C–C–N with tert-alkyl or cyclic N) is 1. The molecular formula is C13H26N2O5. The molecular weight excluding hydrogens is 264 g/mol. The molecule has 1 rings (SSSR count). The summed E-state index contributed by atoms with van der Waals surface area (Å²) in [7, 11) is 3.10. The minimum Gasteiger partial charge on any atom is -0.444 e. The average Bonchev–Trinajstić information content (AvgIpc) is 2.70. The maximum atomic E-state index is 11.9. The van der Waals surface area contributed by atoms with E-state index < -0.39 is 17.8 Å². The molecule has 1 aliphatic rings. The molecule has 7 heteroatoms. The second-order valence-corrected chi connectivity index (χ2v) is 5.87. The molecule has 0 spiro atoms. The lowest BCUT2D eigenvalue weighted by Crippen LogP contribution is -2.44. The molecule has 20 heavy (non-hydrogen) atoms. The number of amides is 1. The molecule has 1 amide bonds. The van der Waals surface area contributed by atoms with Crippen molar-refractivity contribution in [3.05, 3.63) is 0 Å². The van der Waals surface area contributed by atoms with Crippen molar-refractivity contribution < 1.29 is 24.1 Å². The Morgan fingerprint density at radius 1 is 1.35 bits per heavy atom. The summed E-state index contributed by atoms with van der Waals surface area (Å²) in [4.78, 5) is 13.4. The van der Waals surface area contributed by atoms with Crippen molar-refractivity contribution in [2.45, 2.75) is 44.8 Å². The van der Waals surface area contributed by atoms with Crippen molar-refractivity contribution in [1.82, 2.24) is 10.2 Å². The summed E-state index contributed by atoms with van der Waals surface area (Å²) < 4.78 is 15.4. The van der Waals surface area contributed by atoms with Crippen LogP contribution in [0.25, 0.3) is 0 Å². The van der Waals surface area contributed by atoms with E-state index in [-0.39, 0.29) is 18.9 Å². The van der Waals surface area contributed by atoms with Gasteiger partial charge in [-0.05, 0) is 20.8 Å². The third-order valence-electron chi connectivity index (χ3n) is 3.01. The number of nitrogens with one attached hydrogen (secondary N) is 1. The van der Waals surface area contributed by atoms with Gasteiger partial charge in [0, 0.05) is 27.3 Å². The fraction of sp³-hybridized carbons (Fsp3) is 0.923. The second-order valence-electron chi connectivity index (χ2n) is 5.87. The Balaban J connectivity index is 2.44. The minimum absolute atomic E-state index is 0.213. The van der Waals surface area contributed by atoms with E-state index in [1.54, 1.807) is 14.2 Å². The van der Waals surface area contributed by atoms with Gasteiger partial charge in [-0.25, -0.2) is 4.79 Å². The highest BCUT2D eigenvalue weighted by Gasteiger charge is 2.36. The maximum Gasteiger partial charge on any atom is 0.410 e. The van der Waals surface area contributed by atoms with Crippen LogP contribution in [-0.2, 0) is 14.2 Å². The Morgan fingerprint density at radius 3 is 2.45 bits per heavy atom. The SMILES string of the molecule is COC(CN[C@@H]1CN(C(=O)OC(C)(C)C)C[C@H]1O)OC. The first kappa shape index (κ1) is 17.2. The number of methoxy groups -OCH3 is 2. The summed E-state index contributed by atoms with van der Waals surface area (Å²) in [6.07, 6.45) is -1.41. The van der Waals surface area contributed by atoms with Gasteiger partial charge in [0.2, 0.25) is 0 Å². The Kier molecular flexibility index (Phi) is 6.19. The zero-order valence-electron chi connectivity index (χ0n) is 12.9. The van der Waals surface area contributed by atoms with Crippen LogP contribution in [-0.4, -0.2) is 74.0 Å². The molecule has 0 radical (unpaired) electrons. The first-order chi connectivity index (χ1) is 9.26. The predicted octanol–water partition coefficient (Wildman–Crippen LogP) is 0.175. The van der Waals surface area contributed by atoms with Gasteiger partial charge in [0.05, 0.1) is 18.7 Å². The molecule has 7 nitrogen and oxygen atoms in total. The van der Waals surface area contributed by atoms with Gasteiger partial charge in [-0.2, -0.15) is 0 Å². The molecule has 2 N–H and O–H groups in total. The van der Waals surface area contributed by atoms with Crippen molar-refractivity contribution in [3.63, 3.8) is 0 Å². The maximum absolute atomic E-state index is 11.9. The molecule has 1 heterocycles. The van der Waals surface area contributed by atoms with E-state index in [1.165, 1.54) is 4.90 Å². The molecule has 0 saturated carbocycles. The predicted molar refractivity (Wildman–Crippen MR) is 73.4 cm³/mol. The lowest BCUT2D eigenvalue weighted by Gasteiger charge is -2.24. The quantitative estimate of drug-likeness (QED) is 0.703. The highest BCUT2D eigenvalue weighted by Crippen LogP contribution is 2.15. The van der Waals surface area contributed by atoms with Gasteiger partial charge in [-0.1, -0.05) is 0 Å². The summed E-state index contributed by atoms with van der Waals surface area (Å²) >= 11 is 0. The summed E-state index contributed by atoms with van der Waals surface area (Å²) in [6.45, 7) is 6.54. The Morgan fingerprint density at radius 2 is 1.95 bits per heavy atom. The fourth-order valence-electron chi connectivity index (χ4n) is 1.97. The smallest absolute Gasteiger partial charge is 0.410 e. The number of carbonyl (C=O) groups excluding carboxylic acids is 1. The molecule has 0 aromatic rings. The highest BCUT2D eigenvalue weighted by molar-refractivity contribution is 5.68. The van der Waals surface area contributed by atoms with Gasteiger partial charge in [0.15, 0.2) is 6.29 Å². The molecule has 0 bridgehead atoms. The van der Waals surface area contributed by atoms with Crippen LogP contribution in [0, 0.1) is 0 Å². The van der Waals surface area contributed by atoms with Gasteiger partial charge < -0.3 is 29.5 Å². The van der Waals surface area contributed by atoms with Crippen LogP contribution in [0.5, 0.6) is 0 Å². The Hall–Kier alpha value is -0.890. The van der Waals surface area contributed by atoms with Gasteiger partial charge >= 0.3 is 6.09 Å². The number of hydrogen-bond donors (Lipinski definition) is 2. The molecule has 1 fully saturated rings. The lowest BCUT2D eigenvalue weighted by molar-refractivity contribution is -0.101. The number of aliphatic hydroxyl groups is 1. The third kappa shape index (κ3) is 5.24. The first-order valence-electron chi connectivity index (χ1n) is 6.71. The van der Waals surface area contributed by atoms with E-state index in [0.29, 0.717) is 13.1 Å². The van der Waals surface area contributed by atoms with E-state index in [2.05, 4.69) is 5.32 Å². The number of ether oxygens (including phenoxy) is 3. The molecule has 1 saturated heterocycles. The van der Waals surface area contributed by atoms with Gasteiger partial charge in [0.25, 0.3) is 0 Å². The molecule has 0 aromatic heterocycles. The number of nitrogens with zero attached hydrogens (tertiary/aromatic N) is 1. The van der Waals surface area contributed by atoms with Crippen molar-refractivity contribution in [1.29, 1.82) is 0 Å². The van der Waals surface area contributed by atoms with Crippen molar-refractivity contribution in [2.75, 3.05) is 33.9 Å². The standard InChI is InChI=1S/C13H26N2O5/c1-13(2,3)20-12(17)15-7-9(10(16)8-15)14-6-11(18-4)19-5/h9-11,14,16H,6-8H2,1-5H3/t9-,10-/m1/s1. The van der Waals surface area contributed by atoms with Crippen LogP contribution in [0.1, 0.15) is 20.8 Å². The van der Waals surface area contributed by atoms with Crippen LogP contribution >= 0.6 is 0 Å². The zero-order valence-corrected chi connectivity index (χ0v) is 12.9. The largest absolute Gasteiger partial charge is 0.444 e. The first-order valence-corrected chi connectivity index (χ1v) is 6.71. The van der Waals surface area contributed by atoms with Gasteiger partial charge in [0.1, 0.15) is 5.60 Å². The molecule has 2 atom stereocenters. The summed E-state index contributed by atoms with van der Waals surface area (Å²) in [5.41, 5.74) is -0.537. The number of likely N-dealkylation sites (tertiary alicyclic amines) is 1. The monoisotopic (exact) mass is 290 g/mol. The number of aliphatic hydroxyl groups excluding tert-OH is 1. The molecule has 118 valence electrons. The van der Waals surface area contributed by atoms with Crippen LogP contribution in [0.15, 0.2) is 0 Å². The zero-order chi connectivity index (χ0) is 15.3. The van der Waals surface area contributed by atoms with Crippen molar-refractivity contribution in [2.24, 2.45) is 0 Å². The van der Waals surface area contributed by atoms with Crippen LogP contribution < -0.4 is 5.32 Å². The normalized spacial score (nSPS) is 23.4. The van der Waals surface area contributed by atoms with Crippen LogP contribution in [0.2, 0.25) is 0 Å². The summed E-state index contributed by atoms with van der Waals surface area (Å²) in [6, 6.07) is -0.213. The van der Waals surface area contributed by atoms with E-state index in [1.807, 2.05) is 20.8 Å². The van der Waals surface area contributed by atoms with E-state index in [0.717, 1.165) is 0 Å². The van der Waals surface area contributed by atoms with Crippen molar-refractivity contribution >= 4 is 6.09 Å². The van der Waals surface area contributed by atoms with E-state index >= 15 is 0 Å². The fourth-order valence-corrected chi connectivity index (χ4v) is 1.97. The highest BCUT2D eigenvalue weighted by atomic mass is 16.7. The molecule has 1 aliphatic heterocycles. The van der Waals surface area contributed by atoms with Gasteiger partial charge in [-0.3, -0.25) is 0 Å². The third-order valence-corrected chi connectivity index (χ3v) is 3.01. The van der Waals surface area contributed by atoms with E-state index in [9.17, 15) is 9.90 Å². The van der Waals surface area contributed by atoms with Crippen LogP contribution in [0.4, 0.5) is 4.79 Å². The Labute approximate surface area is 120 Å². The number of rotatable bonds is 5. The average molecular weight is 290 g/mol. The van der Waals surface area contributed by atoms with Crippen molar-refractivity contribution in [3.8, 4) is 0 Å². The minimum atomic E-state index is -0.628. The number of hydrogen-bond acceptors (Lipinski definition) is 6. The Bertz CT molecular complexity index is 314. The molecule has 0 unspecified atom stereocenters. The van der Waals surface area contributed by atoms with E-state index in [4.69, 9.17) is 14.2 Å². The molecule has 0 aromatic carbocycles. The second kappa shape index (κ2) is 7.21. The summed E-state index contributed by atoms with van der Waals surface area (Å²) in [5.74, 6) is 0. The lowest BCUT2D eigenvalue weighted by atomic mass is 10.2. The number of carbonyl (C=O) groups is 1.